The Morgan fingerprint density at radius 2 is 2.15 bits per heavy atom. The molecule has 0 bridgehead atoms. The summed E-state index contributed by atoms with van der Waals surface area (Å²) in [4.78, 5) is 0. The Labute approximate surface area is 83.1 Å². The fourth-order valence-electron chi connectivity index (χ4n) is 0.967. The highest BCUT2D eigenvalue weighted by Gasteiger charge is 2.14. The Hall–Kier alpha value is -0.650. The molecule has 0 saturated heterocycles. The number of benzene rings is 1. The molecule has 0 heterocycles. The number of phenolic OH excluding ortho intramolecular Hbond substituents is 1. The first-order valence-corrected chi connectivity index (χ1v) is 4.40. The maximum Gasteiger partial charge on any atom is 0.166 e. The highest BCUT2D eigenvalue weighted by molar-refractivity contribution is 9.10. The number of phenols is 1. The SMILES string of the molecule is N[C@H](CO)c1cc(Br)cc(F)c1O. The van der Waals surface area contributed by atoms with Crippen molar-refractivity contribution in [3.8, 4) is 5.75 Å². The third-order valence-electron chi connectivity index (χ3n) is 1.65. The molecule has 0 radical (unpaired) electrons. The molecule has 1 rings (SSSR count). The lowest BCUT2D eigenvalue weighted by atomic mass is 10.1. The summed E-state index contributed by atoms with van der Waals surface area (Å²) < 4.78 is 13.4. The van der Waals surface area contributed by atoms with Crippen molar-refractivity contribution >= 4 is 15.9 Å². The van der Waals surface area contributed by atoms with E-state index in [0.29, 0.717) is 4.47 Å². The van der Waals surface area contributed by atoms with Crippen LogP contribution >= 0.6 is 15.9 Å². The molecule has 1 atom stereocenters. The van der Waals surface area contributed by atoms with Crippen LogP contribution in [0.5, 0.6) is 5.75 Å². The smallest absolute Gasteiger partial charge is 0.166 e. The van der Waals surface area contributed by atoms with Crippen LogP contribution in [0.2, 0.25) is 0 Å². The Morgan fingerprint density at radius 3 is 2.69 bits per heavy atom. The van der Waals surface area contributed by atoms with Crippen molar-refractivity contribution in [3.05, 3.63) is 28.0 Å². The van der Waals surface area contributed by atoms with Crippen molar-refractivity contribution in [2.24, 2.45) is 5.73 Å². The molecule has 72 valence electrons. The molecule has 0 fully saturated rings. The Morgan fingerprint density at radius 1 is 1.54 bits per heavy atom. The average molecular weight is 250 g/mol. The van der Waals surface area contributed by atoms with Crippen molar-refractivity contribution in [2.75, 3.05) is 6.61 Å². The molecule has 13 heavy (non-hydrogen) atoms. The first-order valence-electron chi connectivity index (χ1n) is 3.60. The van der Waals surface area contributed by atoms with Gasteiger partial charge in [0.15, 0.2) is 11.6 Å². The van der Waals surface area contributed by atoms with Gasteiger partial charge in [-0.3, -0.25) is 0 Å². The second-order valence-electron chi connectivity index (χ2n) is 2.61. The molecule has 4 N–H and O–H groups in total. The molecule has 0 aliphatic carbocycles. The van der Waals surface area contributed by atoms with E-state index in [1.54, 1.807) is 0 Å². The van der Waals surface area contributed by atoms with Crippen LogP contribution in [-0.4, -0.2) is 16.8 Å². The fraction of sp³-hybridized carbons (Fsp3) is 0.250. The summed E-state index contributed by atoms with van der Waals surface area (Å²) in [6.07, 6.45) is 0. The van der Waals surface area contributed by atoms with Crippen LogP contribution in [0.15, 0.2) is 16.6 Å². The van der Waals surface area contributed by atoms with Crippen LogP contribution in [0.1, 0.15) is 11.6 Å². The topological polar surface area (TPSA) is 66.5 Å². The van der Waals surface area contributed by atoms with Gasteiger partial charge in [-0.1, -0.05) is 15.9 Å². The molecule has 0 aliphatic heterocycles. The van der Waals surface area contributed by atoms with E-state index in [1.165, 1.54) is 6.07 Å². The molecule has 0 unspecified atom stereocenters. The van der Waals surface area contributed by atoms with Gasteiger partial charge in [-0.05, 0) is 12.1 Å². The van der Waals surface area contributed by atoms with Crippen LogP contribution in [0.3, 0.4) is 0 Å². The Balaban J connectivity index is 3.20. The standard InChI is InChI=1S/C8H9BrFNO2/c9-4-1-5(7(11)3-12)8(13)6(10)2-4/h1-2,7,12-13H,3,11H2/t7-/m1/s1. The van der Waals surface area contributed by atoms with E-state index in [-0.39, 0.29) is 12.2 Å². The largest absolute Gasteiger partial charge is 0.505 e. The van der Waals surface area contributed by atoms with Crippen molar-refractivity contribution in [1.82, 2.24) is 0 Å². The third kappa shape index (κ3) is 2.18. The summed E-state index contributed by atoms with van der Waals surface area (Å²) in [6, 6.07) is 1.83. The van der Waals surface area contributed by atoms with Gasteiger partial charge in [0.05, 0.1) is 12.6 Å². The molecule has 0 spiro atoms. The number of hydrogen-bond donors (Lipinski definition) is 3. The quantitative estimate of drug-likeness (QED) is 0.740. The van der Waals surface area contributed by atoms with E-state index in [9.17, 15) is 9.50 Å². The number of aliphatic hydroxyl groups is 1. The van der Waals surface area contributed by atoms with Gasteiger partial charge >= 0.3 is 0 Å². The van der Waals surface area contributed by atoms with E-state index in [1.807, 2.05) is 0 Å². The molecule has 5 heteroatoms. The minimum atomic E-state index is -0.771. The van der Waals surface area contributed by atoms with Crippen molar-refractivity contribution in [1.29, 1.82) is 0 Å². The molecule has 3 nitrogen and oxygen atoms in total. The van der Waals surface area contributed by atoms with Crippen molar-refractivity contribution in [3.63, 3.8) is 0 Å². The summed E-state index contributed by atoms with van der Waals surface area (Å²) in [5, 5.41) is 18.0. The first-order chi connectivity index (χ1) is 6.06. The fourth-order valence-corrected chi connectivity index (χ4v) is 1.41. The summed E-state index contributed by atoms with van der Waals surface area (Å²) >= 11 is 3.06. The predicted octanol–water partition coefficient (Wildman–Crippen LogP) is 1.29. The normalized spacial score (nSPS) is 12.9. The van der Waals surface area contributed by atoms with E-state index in [4.69, 9.17) is 10.8 Å². The van der Waals surface area contributed by atoms with Crippen LogP contribution in [0.25, 0.3) is 0 Å². The number of aromatic hydroxyl groups is 1. The molecular formula is C8H9BrFNO2. The van der Waals surface area contributed by atoms with Gasteiger partial charge in [0.25, 0.3) is 0 Å². The predicted molar refractivity (Wildman–Crippen MR) is 49.8 cm³/mol. The number of hydrogen-bond acceptors (Lipinski definition) is 3. The Kier molecular flexibility index (Phi) is 3.24. The van der Waals surface area contributed by atoms with E-state index >= 15 is 0 Å². The monoisotopic (exact) mass is 249 g/mol. The molecule has 1 aromatic rings. The average Bonchev–Trinajstić information content (AvgIpc) is 2.10. The van der Waals surface area contributed by atoms with Crippen molar-refractivity contribution < 1.29 is 14.6 Å². The number of halogens is 2. The molecule has 0 amide bonds. The van der Waals surface area contributed by atoms with Crippen LogP contribution in [0, 0.1) is 5.82 Å². The second kappa shape index (κ2) is 4.04. The van der Waals surface area contributed by atoms with Gasteiger partial charge in [0.2, 0.25) is 0 Å². The van der Waals surface area contributed by atoms with Gasteiger partial charge in [0.1, 0.15) is 0 Å². The van der Waals surface area contributed by atoms with Gasteiger partial charge in [0, 0.05) is 10.0 Å². The lowest BCUT2D eigenvalue weighted by molar-refractivity contribution is 0.264. The van der Waals surface area contributed by atoms with E-state index in [2.05, 4.69) is 15.9 Å². The molecule has 0 aromatic heterocycles. The molecular weight excluding hydrogens is 241 g/mol. The minimum Gasteiger partial charge on any atom is -0.505 e. The third-order valence-corrected chi connectivity index (χ3v) is 2.11. The lowest BCUT2D eigenvalue weighted by Gasteiger charge is -2.11. The highest BCUT2D eigenvalue weighted by atomic mass is 79.9. The number of rotatable bonds is 2. The lowest BCUT2D eigenvalue weighted by Crippen LogP contribution is -2.15. The van der Waals surface area contributed by atoms with Crippen molar-refractivity contribution in [2.45, 2.75) is 6.04 Å². The van der Waals surface area contributed by atoms with Gasteiger partial charge in [-0.2, -0.15) is 0 Å². The van der Waals surface area contributed by atoms with E-state index in [0.717, 1.165) is 6.07 Å². The van der Waals surface area contributed by atoms with E-state index < -0.39 is 17.6 Å². The summed E-state index contributed by atoms with van der Waals surface area (Å²) in [5.41, 5.74) is 5.62. The maximum absolute atomic E-state index is 12.9. The Bertz CT molecular complexity index is 319. The minimum absolute atomic E-state index is 0.189. The van der Waals surface area contributed by atoms with Gasteiger partial charge in [-0.15, -0.1) is 0 Å². The summed E-state index contributed by atoms with van der Waals surface area (Å²) in [7, 11) is 0. The zero-order valence-electron chi connectivity index (χ0n) is 6.67. The zero-order valence-corrected chi connectivity index (χ0v) is 8.25. The van der Waals surface area contributed by atoms with Crippen LogP contribution < -0.4 is 5.73 Å². The maximum atomic E-state index is 12.9. The number of aliphatic hydroxyl groups excluding tert-OH is 1. The highest BCUT2D eigenvalue weighted by Crippen LogP contribution is 2.29. The van der Waals surface area contributed by atoms with Gasteiger partial charge in [-0.25, -0.2) is 4.39 Å². The molecule has 1 aromatic carbocycles. The first kappa shape index (κ1) is 10.4. The number of nitrogens with two attached hydrogens (primary N) is 1. The van der Waals surface area contributed by atoms with Crippen LogP contribution in [-0.2, 0) is 0 Å². The zero-order chi connectivity index (χ0) is 10.0. The molecule has 0 saturated carbocycles. The summed E-state index contributed by atoms with van der Waals surface area (Å²) in [5.74, 6) is -1.27. The van der Waals surface area contributed by atoms with Crippen LogP contribution in [0.4, 0.5) is 4.39 Å². The summed E-state index contributed by atoms with van der Waals surface area (Å²) in [6.45, 7) is -0.344. The second-order valence-corrected chi connectivity index (χ2v) is 3.53. The van der Waals surface area contributed by atoms with Gasteiger partial charge < -0.3 is 15.9 Å². The molecule has 0 aliphatic rings.